The summed E-state index contributed by atoms with van der Waals surface area (Å²) in [6.45, 7) is 11.2. The normalized spacial score (nSPS) is 13.5. The van der Waals surface area contributed by atoms with E-state index in [9.17, 15) is 5.11 Å². The summed E-state index contributed by atoms with van der Waals surface area (Å²) in [4.78, 5) is 8.53. The largest absolute Gasteiger partial charge is 0.488 e. The van der Waals surface area contributed by atoms with Gasteiger partial charge in [0.2, 0.25) is 0 Å². The van der Waals surface area contributed by atoms with Crippen LogP contribution in [0, 0.1) is 5.41 Å². The predicted molar refractivity (Wildman–Crippen MR) is 84.2 cm³/mol. The smallest absolute Gasteiger partial charge is 0.156 e. The molecule has 0 unspecified atom stereocenters. The van der Waals surface area contributed by atoms with Crippen LogP contribution in [-0.4, -0.2) is 33.8 Å². The molecule has 0 fully saturated rings. The van der Waals surface area contributed by atoms with Gasteiger partial charge < -0.3 is 15.2 Å². The van der Waals surface area contributed by atoms with E-state index in [0.29, 0.717) is 18.1 Å². The Hall–Kier alpha value is -1.20. The molecule has 0 saturated carbocycles. The second-order valence-corrected chi connectivity index (χ2v) is 6.86. The lowest BCUT2D eigenvalue weighted by Crippen LogP contribution is -2.33. The highest BCUT2D eigenvalue weighted by molar-refractivity contribution is 5.12. The van der Waals surface area contributed by atoms with Gasteiger partial charge in [0, 0.05) is 6.04 Å². The zero-order chi connectivity index (χ0) is 15.9. The Morgan fingerprint density at radius 3 is 2.33 bits per heavy atom. The van der Waals surface area contributed by atoms with E-state index in [1.165, 1.54) is 0 Å². The van der Waals surface area contributed by atoms with Crippen molar-refractivity contribution < 1.29 is 9.84 Å². The van der Waals surface area contributed by atoms with E-state index in [-0.39, 0.29) is 24.2 Å². The third kappa shape index (κ3) is 7.97. The fraction of sp³-hybridized carbons (Fsp3) is 0.750. The molecule has 0 saturated heterocycles. The number of rotatable bonds is 8. The molecule has 0 aliphatic rings. The lowest BCUT2D eigenvalue weighted by molar-refractivity contribution is 0.216. The first-order valence-electron chi connectivity index (χ1n) is 7.62. The minimum absolute atomic E-state index is 0.0828. The highest BCUT2D eigenvalue weighted by Crippen LogP contribution is 2.21. The van der Waals surface area contributed by atoms with Gasteiger partial charge in [-0.2, -0.15) is 0 Å². The molecule has 1 atom stereocenters. The lowest BCUT2D eigenvalue weighted by atomic mass is 9.89. The average Bonchev–Trinajstić information content (AvgIpc) is 2.39. The van der Waals surface area contributed by atoms with Crippen molar-refractivity contribution in [2.45, 2.75) is 66.2 Å². The van der Waals surface area contributed by atoms with E-state index in [1.54, 1.807) is 12.4 Å². The van der Waals surface area contributed by atoms with Gasteiger partial charge in [-0.3, -0.25) is 0 Å². The number of hydrogen-bond acceptors (Lipinski definition) is 5. The highest BCUT2D eigenvalue weighted by atomic mass is 16.5. The van der Waals surface area contributed by atoms with Crippen LogP contribution in [0.25, 0.3) is 0 Å². The number of nitrogens with one attached hydrogen (secondary N) is 1. The molecule has 120 valence electrons. The van der Waals surface area contributed by atoms with Crippen molar-refractivity contribution >= 4 is 0 Å². The van der Waals surface area contributed by atoms with Gasteiger partial charge in [-0.15, -0.1) is 0 Å². The van der Waals surface area contributed by atoms with Gasteiger partial charge in [0.05, 0.1) is 31.6 Å². The van der Waals surface area contributed by atoms with Crippen LogP contribution in [0.1, 0.15) is 53.3 Å². The maximum Gasteiger partial charge on any atom is 0.156 e. The van der Waals surface area contributed by atoms with Crippen molar-refractivity contribution in [3.63, 3.8) is 0 Å². The van der Waals surface area contributed by atoms with Gasteiger partial charge >= 0.3 is 0 Å². The van der Waals surface area contributed by atoms with Gasteiger partial charge in [-0.25, -0.2) is 9.97 Å². The molecule has 0 aromatic carbocycles. The monoisotopic (exact) mass is 295 g/mol. The summed E-state index contributed by atoms with van der Waals surface area (Å²) in [5.74, 6) is 1.39. The van der Waals surface area contributed by atoms with Gasteiger partial charge in [-0.1, -0.05) is 20.8 Å². The third-order valence-electron chi connectivity index (χ3n) is 3.07. The van der Waals surface area contributed by atoms with Crippen molar-refractivity contribution in [3.05, 3.63) is 18.2 Å². The van der Waals surface area contributed by atoms with E-state index in [2.05, 4.69) is 36.1 Å². The molecular formula is C16H29N3O2. The van der Waals surface area contributed by atoms with Crippen molar-refractivity contribution in [2.75, 3.05) is 6.61 Å². The zero-order valence-corrected chi connectivity index (χ0v) is 13.9. The number of nitrogens with zero attached hydrogens (tertiary/aromatic N) is 2. The van der Waals surface area contributed by atoms with Crippen LogP contribution < -0.4 is 10.1 Å². The van der Waals surface area contributed by atoms with Crippen LogP contribution in [0.5, 0.6) is 5.75 Å². The molecule has 0 aliphatic carbocycles. The summed E-state index contributed by atoms with van der Waals surface area (Å²) >= 11 is 0. The first kappa shape index (κ1) is 17.9. The Labute approximate surface area is 128 Å². The minimum Gasteiger partial charge on any atom is -0.488 e. The summed E-state index contributed by atoms with van der Waals surface area (Å²) in [6.07, 6.45) is 5.50. The minimum atomic E-state index is 0.0828. The number of hydrogen-bond donors (Lipinski definition) is 2. The fourth-order valence-corrected chi connectivity index (χ4v) is 1.87. The molecule has 0 bridgehead atoms. The molecule has 0 aliphatic heterocycles. The van der Waals surface area contributed by atoms with Crippen molar-refractivity contribution in [2.24, 2.45) is 5.41 Å². The zero-order valence-electron chi connectivity index (χ0n) is 13.9. The molecule has 1 aromatic heterocycles. The lowest BCUT2D eigenvalue weighted by Gasteiger charge is -2.22. The first-order chi connectivity index (χ1) is 9.80. The Kier molecular flexibility index (Phi) is 7.05. The van der Waals surface area contributed by atoms with Crippen LogP contribution in [0.3, 0.4) is 0 Å². The molecular weight excluding hydrogens is 266 g/mol. The standard InChI is InChI=1S/C16H29N3O2/c1-12(2)21-14-8-18-15(19-9-14)10-17-13(11-20)6-7-16(3,4)5/h8-9,12-13,17,20H,6-7,10-11H2,1-5H3/t13-/m1/s1. The molecule has 0 spiro atoms. The van der Waals surface area contributed by atoms with E-state index < -0.39 is 0 Å². The predicted octanol–water partition coefficient (Wildman–Crippen LogP) is 2.54. The first-order valence-corrected chi connectivity index (χ1v) is 7.62. The van der Waals surface area contributed by atoms with Gasteiger partial charge in [0.15, 0.2) is 5.75 Å². The van der Waals surface area contributed by atoms with Crippen LogP contribution >= 0.6 is 0 Å². The topological polar surface area (TPSA) is 67.3 Å². The molecule has 5 heteroatoms. The SMILES string of the molecule is CC(C)Oc1cnc(CN[C@@H](CO)CCC(C)(C)C)nc1. The summed E-state index contributed by atoms with van der Waals surface area (Å²) in [6, 6.07) is 0.0828. The molecule has 1 heterocycles. The Morgan fingerprint density at radius 2 is 1.86 bits per heavy atom. The Bertz CT molecular complexity index is 399. The maximum absolute atomic E-state index is 9.42. The summed E-state index contributed by atoms with van der Waals surface area (Å²) in [5, 5.41) is 12.7. The van der Waals surface area contributed by atoms with Gasteiger partial charge in [0.1, 0.15) is 5.82 Å². The van der Waals surface area contributed by atoms with Crippen LogP contribution in [0.15, 0.2) is 12.4 Å². The molecule has 1 aromatic rings. The van der Waals surface area contributed by atoms with Crippen molar-refractivity contribution in [1.82, 2.24) is 15.3 Å². The highest BCUT2D eigenvalue weighted by Gasteiger charge is 2.14. The second-order valence-electron chi connectivity index (χ2n) is 6.86. The van der Waals surface area contributed by atoms with E-state index in [4.69, 9.17) is 4.74 Å². The van der Waals surface area contributed by atoms with Gasteiger partial charge in [-0.05, 0) is 32.1 Å². The molecule has 2 N–H and O–H groups in total. The van der Waals surface area contributed by atoms with E-state index in [1.807, 2.05) is 13.8 Å². The third-order valence-corrected chi connectivity index (χ3v) is 3.07. The average molecular weight is 295 g/mol. The number of ether oxygens (including phenoxy) is 1. The Morgan fingerprint density at radius 1 is 1.24 bits per heavy atom. The quantitative estimate of drug-likeness (QED) is 0.771. The van der Waals surface area contributed by atoms with Crippen molar-refractivity contribution in [3.8, 4) is 5.75 Å². The Balaban J connectivity index is 2.42. The van der Waals surface area contributed by atoms with Crippen LogP contribution in [0.2, 0.25) is 0 Å². The fourth-order valence-electron chi connectivity index (χ4n) is 1.87. The summed E-state index contributed by atoms with van der Waals surface area (Å²) < 4.78 is 5.51. The number of aliphatic hydroxyl groups is 1. The summed E-state index contributed by atoms with van der Waals surface area (Å²) in [7, 11) is 0. The number of aliphatic hydroxyl groups excluding tert-OH is 1. The van der Waals surface area contributed by atoms with Gasteiger partial charge in [0.25, 0.3) is 0 Å². The molecule has 21 heavy (non-hydrogen) atoms. The van der Waals surface area contributed by atoms with Crippen LogP contribution in [0.4, 0.5) is 0 Å². The maximum atomic E-state index is 9.42. The van der Waals surface area contributed by atoms with E-state index >= 15 is 0 Å². The van der Waals surface area contributed by atoms with E-state index in [0.717, 1.165) is 12.8 Å². The molecule has 5 nitrogen and oxygen atoms in total. The second kappa shape index (κ2) is 8.29. The van der Waals surface area contributed by atoms with Crippen molar-refractivity contribution in [1.29, 1.82) is 0 Å². The van der Waals surface area contributed by atoms with Crippen LogP contribution in [-0.2, 0) is 6.54 Å². The molecule has 0 radical (unpaired) electrons. The molecule has 1 rings (SSSR count). The molecule has 0 amide bonds. The summed E-state index contributed by atoms with van der Waals surface area (Å²) in [5.41, 5.74) is 0.279. The number of aromatic nitrogens is 2.